The van der Waals surface area contributed by atoms with E-state index in [1.807, 2.05) is 72.8 Å². The van der Waals surface area contributed by atoms with Crippen molar-refractivity contribution in [2.45, 2.75) is 6.92 Å². The normalized spacial score (nSPS) is 10.1. The lowest BCUT2D eigenvalue weighted by molar-refractivity contribution is -0.136. The van der Waals surface area contributed by atoms with Gasteiger partial charge in [0, 0.05) is 17.0 Å². The van der Waals surface area contributed by atoms with Crippen molar-refractivity contribution in [2.24, 2.45) is 0 Å². The Morgan fingerprint density at radius 2 is 1.69 bits per heavy atom. The van der Waals surface area contributed by atoms with Gasteiger partial charge in [-0.1, -0.05) is 77.8 Å². The molecule has 0 aliphatic carbocycles. The summed E-state index contributed by atoms with van der Waals surface area (Å²) in [5.41, 5.74) is 2.13. The highest BCUT2D eigenvalue weighted by Crippen LogP contribution is 2.16. The van der Waals surface area contributed by atoms with Gasteiger partial charge >= 0.3 is 5.97 Å². The van der Waals surface area contributed by atoms with Crippen LogP contribution in [0.15, 0.2) is 73.0 Å². The maximum atomic E-state index is 9.98. The first-order chi connectivity index (χ1) is 12.4. The lowest BCUT2D eigenvalue weighted by Crippen LogP contribution is -1.94. The standard InChI is InChI=1S/C16H12Cl2.C5H5NO2/c17-15-11-9-13(10-12-15)5-1-2-6-14-7-3-4-8-16(14)18;1-4(3-6)8-5(2)7/h1-12H;1H2,2H3. The third-order valence-corrected chi connectivity index (χ3v) is 3.44. The number of esters is 1. The molecule has 0 heterocycles. The highest BCUT2D eigenvalue weighted by Gasteiger charge is 1.93. The molecule has 0 aliphatic heterocycles. The highest BCUT2D eigenvalue weighted by molar-refractivity contribution is 6.32. The topological polar surface area (TPSA) is 50.1 Å². The van der Waals surface area contributed by atoms with E-state index in [9.17, 15) is 4.79 Å². The van der Waals surface area contributed by atoms with Gasteiger partial charge in [-0.25, -0.2) is 0 Å². The molecule has 0 amide bonds. The summed E-state index contributed by atoms with van der Waals surface area (Å²) in [6.07, 6.45) is 7.95. The zero-order valence-electron chi connectivity index (χ0n) is 14.2. The van der Waals surface area contributed by atoms with Crippen LogP contribution >= 0.6 is 23.2 Å². The maximum absolute atomic E-state index is 9.98. The summed E-state index contributed by atoms with van der Waals surface area (Å²) >= 11 is 11.9. The van der Waals surface area contributed by atoms with E-state index < -0.39 is 5.97 Å². The van der Waals surface area contributed by atoms with Crippen molar-refractivity contribution in [1.29, 1.82) is 5.26 Å². The van der Waals surface area contributed by atoms with Crippen LogP contribution in [0.1, 0.15) is 18.1 Å². The Kier molecular flexibility index (Phi) is 9.56. The van der Waals surface area contributed by atoms with Gasteiger partial charge in [0.15, 0.2) is 5.76 Å². The molecule has 0 fully saturated rings. The molecule has 132 valence electrons. The molecular weight excluding hydrogens is 369 g/mol. The van der Waals surface area contributed by atoms with Crippen molar-refractivity contribution in [3.8, 4) is 6.07 Å². The molecule has 0 bridgehead atoms. The van der Waals surface area contributed by atoms with Crippen molar-refractivity contribution in [3.63, 3.8) is 0 Å². The predicted octanol–water partition coefficient (Wildman–Crippen LogP) is 6.31. The number of rotatable bonds is 4. The second kappa shape index (κ2) is 11.7. The van der Waals surface area contributed by atoms with Crippen LogP contribution in [0.3, 0.4) is 0 Å². The van der Waals surface area contributed by atoms with E-state index in [4.69, 9.17) is 28.5 Å². The van der Waals surface area contributed by atoms with Crippen LogP contribution in [0.5, 0.6) is 0 Å². The number of hydrogen-bond acceptors (Lipinski definition) is 3. The summed E-state index contributed by atoms with van der Waals surface area (Å²) in [4.78, 5) is 9.98. The maximum Gasteiger partial charge on any atom is 0.308 e. The summed E-state index contributed by atoms with van der Waals surface area (Å²) in [6.45, 7) is 4.32. The molecule has 0 aliphatic rings. The Labute approximate surface area is 163 Å². The summed E-state index contributed by atoms with van der Waals surface area (Å²) in [5.74, 6) is -0.686. The number of hydrogen-bond donors (Lipinski definition) is 0. The number of carbonyl (C=O) groups excluding carboxylic acids is 1. The molecule has 0 saturated carbocycles. The van der Waals surface area contributed by atoms with E-state index >= 15 is 0 Å². The minimum absolute atomic E-state index is 0.169. The number of nitrogens with zero attached hydrogens (tertiary/aromatic N) is 1. The molecule has 3 nitrogen and oxygen atoms in total. The van der Waals surface area contributed by atoms with E-state index in [0.717, 1.165) is 21.2 Å². The molecule has 0 N–H and O–H groups in total. The first-order valence-corrected chi connectivity index (χ1v) is 8.30. The number of nitriles is 1. The fraction of sp³-hybridized carbons (Fsp3) is 0.0476. The number of halogens is 2. The van der Waals surface area contributed by atoms with Crippen molar-refractivity contribution >= 4 is 41.3 Å². The number of carbonyl (C=O) groups is 1. The van der Waals surface area contributed by atoms with E-state index in [2.05, 4.69) is 11.3 Å². The number of ether oxygens (including phenoxy) is 1. The van der Waals surface area contributed by atoms with Gasteiger partial charge in [0.1, 0.15) is 6.07 Å². The lowest BCUT2D eigenvalue weighted by Gasteiger charge is -1.95. The smallest absolute Gasteiger partial charge is 0.308 e. The van der Waals surface area contributed by atoms with Crippen molar-refractivity contribution in [3.05, 3.63) is 94.2 Å². The summed E-state index contributed by atoms with van der Waals surface area (Å²) in [7, 11) is 0. The predicted molar refractivity (Wildman–Crippen MR) is 107 cm³/mol. The molecule has 0 radical (unpaired) electrons. The zero-order valence-corrected chi connectivity index (χ0v) is 15.7. The Morgan fingerprint density at radius 3 is 2.23 bits per heavy atom. The van der Waals surface area contributed by atoms with Gasteiger partial charge in [-0.2, -0.15) is 5.26 Å². The largest absolute Gasteiger partial charge is 0.416 e. The van der Waals surface area contributed by atoms with E-state index in [0.29, 0.717) is 0 Å². The monoisotopic (exact) mass is 385 g/mol. The Hall–Kier alpha value is -2.80. The first kappa shape index (κ1) is 21.2. The minimum atomic E-state index is -0.517. The van der Waals surface area contributed by atoms with E-state index in [1.165, 1.54) is 6.92 Å². The fourth-order valence-electron chi connectivity index (χ4n) is 1.71. The van der Waals surface area contributed by atoms with Gasteiger partial charge in [0.2, 0.25) is 0 Å². The molecule has 26 heavy (non-hydrogen) atoms. The second-order valence-electron chi connectivity index (χ2n) is 4.92. The molecule has 0 unspecified atom stereocenters. The molecule has 2 aromatic rings. The van der Waals surface area contributed by atoms with Crippen LogP contribution in [-0.2, 0) is 9.53 Å². The van der Waals surface area contributed by atoms with Crippen molar-refractivity contribution < 1.29 is 9.53 Å². The van der Waals surface area contributed by atoms with Crippen LogP contribution in [0.2, 0.25) is 10.0 Å². The molecule has 2 aromatic carbocycles. The van der Waals surface area contributed by atoms with Crippen LogP contribution in [-0.4, -0.2) is 5.97 Å². The van der Waals surface area contributed by atoms with E-state index in [1.54, 1.807) is 6.07 Å². The summed E-state index contributed by atoms with van der Waals surface area (Å²) in [6, 6.07) is 17.0. The lowest BCUT2D eigenvalue weighted by atomic mass is 10.2. The molecule has 0 atom stereocenters. The minimum Gasteiger partial charge on any atom is -0.416 e. The SMILES string of the molecule is C=C(C#N)OC(C)=O.Clc1ccc(C=CC=Cc2ccccc2Cl)cc1. The van der Waals surface area contributed by atoms with E-state index in [-0.39, 0.29) is 5.76 Å². The van der Waals surface area contributed by atoms with Gasteiger partial charge in [0.25, 0.3) is 0 Å². The molecule has 0 saturated heterocycles. The average Bonchev–Trinajstić information content (AvgIpc) is 2.61. The Morgan fingerprint density at radius 1 is 1.08 bits per heavy atom. The Bertz CT molecular complexity index is 847. The summed E-state index contributed by atoms with van der Waals surface area (Å²) < 4.78 is 4.20. The average molecular weight is 386 g/mol. The van der Waals surface area contributed by atoms with Gasteiger partial charge in [-0.3, -0.25) is 4.79 Å². The quantitative estimate of drug-likeness (QED) is 0.268. The van der Waals surface area contributed by atoms with Crippen LogP contribution in [0.25, 0.3) is 12.2 Å². The van der Waals surface area contributed by atoms with Crippen LogP contribution in [0.4, 0.5) is 0 Å². The van der Waals surface area contributed by atoms with Gasteiger partial charge in [-0.15, -0.1) is 0 Å². The third-order valence-electron chi connectivity index (χ3n) is 2.84. The third kappa shape index (κ3) is 8.89. The van der Waals surface area contributed by atoms with Crippen molar-refractivity contribution in [2.75, 3.05) is 0 Å². The zero-order chi connectivity index (χ0) is 19.4. The van der Waals surface area contributed by atoms with Crippen molar-refractivity contribution in [1.82, 2.24) is 0 Å². The van der Waals surface area contributed by atoms with Crippen LogP contribution in [0, 0.1) is 11.3 Å². The van der Waals surface area contributed by atoms with Gasteiger partial charge in [0.05, 0.1) is 0 Å². The van der Waals surface area contributed by atoms with Crippen LogP contribution < -0.4 is 0 Å². The first-order valence-electron chi connectivity index (χ1n) is 7.54. The fourth-order valence-corrected chi connectivity index (χ4v) is 2.03. The van der Waals surface area contributed by atoms with Gasteiger partial charge < -0.3 is 4.74 Å². The summed E-state index contributed by atoms with van der Waals surface area (Å²) in [5, 5.41) is 9.46. The molecular formula is C21H17Cl2NO2. The number of allylic oxidation sites excluding steroid dienone is 3. The molecule has 0 spiro atoms. The second-order valence-corrected chi connectivity index (χ2v) is 5.76. The number of benzene rings is 2. The molecule has 0 aromatic heterocycles. The molecule has 2 rings (SSSR count). The molecule has 5 heteroatoms. The van der Waals surface area contributed by atoms with Gasteiger partial charge in [-0.05, 0) is 35.9 Å². The highest BCUT2D eigenvalue weighted by atomic mass is 35.5. The Balaban J connectivity index is 0.000000359.